The molecule has 16 heteroatoms. The van der Waals surface area contributed by atoms with Crippen molar-refractivity contribution in [1.82, 2.24) is 19.4 Å². The van der Waals surface area contributed by atoms with Crippen LogP contribution < -0.4 is 9.44 Å². The lowest BCUT2D eigenvalue weighted by molar-refractivity contribution is -0.192. The van der Waals surface area contributed by atoms with Crippen molar-refractivity contribution in [2.45, 2.75) is 30.3 Å². The summed E-state index contributed by atoms with van der Waals surface area (Å²) in [7, 11) is -7.22. The van der Waals surface area contributed by atoms with Gasteiger partial charge in [0.2, 0.25) is 26.0 Å². The lowest BCUT2D eigenvalue weighted by Gasteiger charge is -2.16. The van der Waals surface area contributed by atoms with E-state index in [1.54, 1.807) is 24.3 Å². The van der Waals surface area contributed by atoms with Crippen LogP contribution in [0.4, 0.5) is 13.2 Å². The van der Waals surface area contributed by atoms with E-state index in [2.05, 4.69) is 14.7 Å². The number of para-hydroxylation sites is 2. The summed E-state index contributed by atoms with van der Waals surface area (Å²) in [4.78, 5) is 28.0. The average molecular weight is 563 g/mol. The van der Waals surface area contributed by atoms with Crippen LogP contribution in [-0.2, 0) is 36.1 Å². The molecule has 0 bridgehead atoms. The highest BCUT2D eigenvalue weighted by Gasteiger charge is 2.38. The molecule has 2 heterocycles. The van der Waals surface area contributed by atoms with Crippen LogP contribution in [-0.4, -0.2) is 56.2 Å². The van der Waals surface area contributed by atoms with Crippen molar-refractivity contribution >= 4 is 43.0 Å². The van der Waals surface area contributed by atoms with Gasteiger partial charge in [0, 0.05) is 0 Å². The van der Waals surface area contributed by atoms with Crippen molar-refractivity contribution in [1.29, 1.82) is 0 Å². The lowest BCUT2D eigenvalue weighted by Crippen LogP contribution is -2.29. The van der Waals surface area contributed by atoms with Crippen molar-refractivity contribution in [2.75, 3.05) is 6.26 Å². The smallest absolute Gasteiger partial charge is 0.475 e. The number of halogens is 3. The third-order valence-electron chi connectivity index (χ3n) is 5.13. The minimum Gasteiger partial charge on any atom is -0.475 e. The molecule has 2 aromatic carbocycles. The molecule has 2 atom stereocenters. The molecule has 3 aromatic rings. The maximum absolute atomic E-state index is 12.0. The number of aromatic amines is 1. The number of fused-ring (bicyclic) bond motifs is 1. The number of aliphatic carboxylic acids is 1. The Hall–Kier alpha value is -3.50. The van der Waals surface area contributed by atoms with Crippen molar-refractivity contribution in [3.63, 3.8) is 0 Å². The number of carbonyl (C=O) groups is 2. The summed E-state index contributed by atoms with van der Waals surface area (Å²) in [6.45, 7) is 0. The zero-order chi connectivity index (χ0) is 27.6. The number of rotatable bonds is 6. The number of hydrogen-bond acceptors (Lipinski definition) is 7. The molecule has 11 nitrogen and oxygen atoms in total. The second-order valence-corrected chi connectivity index (χ2v) is 11.7. The molecule has 1 unspecified atom stereocenters. The Kier molecular flexibility index (Phi) is 7.94. The van der Waals surface area contributed by atoms with E-state index in [-0.39, 0.29) is 6.42 Å². The molecule has 0 saturated carbocycles. The van der Waals surface area contributed by atoms with Gasteiger partial charge in [0.05, 0.1) is 29.8 Å². The Bertz CT molecular complexity index is 1490. The summed E-state index contributed by atoms with van der Waals surface area (Å²) >= 11 is 0. The SMILES string of the molecule is CS(=O)(=O)N[C@@H](Cc1ccc(C2CC(=O)NS2(=O)=O)cc1)c1nc2ccccc2[nH]1.O=C(O)C(F)(F)F. The fourth-order valence-corrected chi connectivity index (χ4v) is 5.68. The molecule has 1 amide bonds. The molecule has 4 rings (SSSR count). The van der Waals surface area contributed by atoms with Crippen LogP contribution in [0, 0.1) is 0 Å². The van der Waals surface area contributed by atoms with Crippen molar-refractivity contribution in [3.05, 3.63) is 65.5 Å². The number of carboxylic acids is 1. The number of benzene rings is 2. The number of nitrogens with zero attached hydrogens (tertiary/aromatic N) is 1. The van der Waals surface area contributed by atoms with Crippen LogP contribution >= 0.6 is 0 Å². The summed E-state index contributed by atoms with van der Waals surface area (Å²) in [5, 5.41) is 6.21. The van der Waals surface area contributed by atoms with Crippen molar-refractivity contribution in [2.24, 2.45) is 0 Å². The molecule has 200 valence electrons. The highest BCUT2D eigenvalue weighted by molar-refractivity contribution is 7.90. The van der Waals surface area contributed by atoms with Crippen LogP contribution in [0.3, 0.4) is 0 Å². The van der Waals surface area contributed by atoms with Crippen LogP contribution in [0.5, 0.6) is 0 Å². The van der Waals surface area contributed by atoms with E-state index >= 15 is 0 Å². The van der Waals surface area contributed by atoms with E-state index in [1.807, 2.05) is 29.0 Å². The van der Waals surface area contributed by atoms with Gasteiger partial charge in [-0.15, -0.1) is 0 Å². The number of carboxylic acid groups (broad SMARTS) is 1. The maximum atomic E-state index is 12.0. The minimum absolute atomic E-state index is 0.112. The number of hydrogen-bond donors (Lipinski definition) is 4. The topological polar surface area (TPSA) is 175 Å². The molecule has 1 aliphatic heterocycles. The average Bonchev–Trinajstić information content (AvgIpc) is 3.32. The van der Waals surface area contributed by atoms with E-state index in [4.69, 9.17) is 9.90 Å². The summed E-state index contributed by atoms with van der Waals surface area (Å²) in [6, 6.07) is 13.5. The number of imidazole rings is 1. The van der Waals surface area contributed by atoms with E-state index in [0.29, 0.717) is 17.8 Å². The predicted molar refractivity (Wildman–Crippen MR) is 125 cm³/mol. The van der Waals surface area contributed by atoms with Gasteiger partial charge in [0.25, 0.3) is 0 Å². The number of aromatic nitrogens is 2. The lowest BCUT2D eigenvalue weighted by atomic mass is 10.0. The largest absolute Gasteiger partial charge is 0.490 e. The first kappa shape index (κ1) is 28.1. The highest BCUT2D eigenvalue weighted by atomic mass is 32.2. The van der Waals surface area contributed by atoms with Crippen molar-refractivity contribution < 1.29 is 44.7 Å². The summed E-state index contributed by atoms with van der Waals surface area (Å²) in [5.74, 6) is -2.79. The molecule has 4 N–H and O–H groups in total. The second kappa shape index (κ2) is 10.5. The normalized spacial score (nSPS) is 18.1. The molecule has 1 aromatic heterocycles. The molecule has 0 spiro atoms. The van der Waals surface area contributed by atoms with Gasteiger partial charge in [-0.2, -0.15) is 13.2 Å². The van der Waals surface area contributed by atoms with Gasteiger partial charge in [-0.25, -0.2) is 31.3 Å². The number of carbonyl (C=O) groups excluding carboxylic acids is 1. The van der Waals surface area contributed by atoms with Crippen LogP contribution in [0.2, 0.25) is 0 Å². The molecule has 0 radical (unpaired) electrons. The van der Waals surface area contributed by atoms with Gasteiger partial charge in [-0.3, -0.25) is 9.52 Å². The fourth-order valence-electron chi connectivity index (χ4n) is 3.54. The van der Waals surface area contributed by atoms with Gasteiger partial charge in [0.1, 0.15) is 11.1 Å². The molecule has 1 aliphatic rings. The van der Waals surface area contributed by atoms with Crippen LogP contribution in [0.1, 0.15) is 34.7 Å². The Morgan fingerprint density at radius 3 is 2.27 bits per heavy atom. The number of amides is 1. The fraction of sp³-hybridized carbons (Fsp3) is 0.286. The predicted octanol–water partition coefficient (Wildman–Crippen LogP) is 1.92. The van der Waals surface area contributed by atoms with Crippen molar-refractivity contribution in [3.8, 4) is 0 Å². The number of H-pyrrole nitrogens is 1. The monoisotopic (exact) mass is 562 g/mol. The minimum atomic E-state index is -5.08. The molecule has 0 aliphatic carbocycles. The third-order valence-corrected chi connectivity index (χ3v) is 7.54. The van der Waals surface area contributed by atoms with E-state index < -0.39 is 49.4 Å². The number of nitrogens with one attached hydrogen (secondary N) is 3. The van der Waals surface area contributed by atoms with E-state index in [0.717, 1.165) is 22.9 Å². The van der Waals surface area contributed by atoms with E-state index in [1.165, 1.54) is 0 Å². The van der Waals surface area contributed by atoms with Gasteiger partial charge in [-0.05, 0) is 29.7 Å². The Morgan fingerprint density at radius 2 is 1.78 bits per heavy atom. The number of alkyl halides is 3. The Labute approximate surface area is 209 Å². The van der Waals surface area contributed by atoms with Gasteiger partial charge in [-0.1, -0.05) is 36.4 Å². The second-order valence-electron chi connectivity index (χ2n) is 8.09. The van der Waals surface area contributed by atoms with Gasteiger partial charge < -0.3 is 10.1 Å². The third kappa shape index (κ3) is 7.50. The molecule has 37 heavy (non-hydrogen) atoms. The maximum Gasteiger partial charge on any atom is 0.490 e. The first-order chi connectivity index (χ1) is 17.0. The first-order valence-corrected chi connectivity index (χ1v) is 13.8. The summed E-state index contributed by atoms with van der Waals surface area (Å²) in [6.07, 6.45) is -3.80. The number of sulfonamides is 2. The molecular formula is C21H21F3N4O7S2. The highest BCUT2D eigenvalue weighted by Crippen LogP contribution is 2.30. The Morgan fingerprint density at radius 1 is 1.19 bits per heavy atom. The summed E-state index contributed by atoms with van der Waals surface area (Å²) in [5.41, 5.74) is 2.82. The zero-order valence-corrected chi connectivity index (χ0v) is 20.6. The zero-order valence-electron chi connectivity index (χ0n) is 19.0. The van der Waals surface area contributed by atoms with Gasteiger partial charge in [0.15, 0.2) is 0 Å². The summed E-state index contributed by atoms with van der Waals surface area (Å²) < 4.78 is 84.2. The van der Waals surface area contributed by atoms with E-state index in [9.17, 15) is 34.8 Å². The first-order valence-electron chi connectivity index (χ1n) is 10.4. The van der Waals surface area contributed by atoms with Crippen LogP contribution in [0.25, 0.3) is 11.0 Å². The standard InChI is InChI=1S/C19H20N4O5S2.C2HF3O2/c1-29(25,26)22-16(19-20-14-4-2-3-5-15(14)21-19)10-12-6-8-13(9-7-12)17-11-18(24)23-30(17,27)28;3-2(4,5)1(6)7/h2-9,16-17,22H,10-11H2,1H3,(H,20,21)(H,23,24);(H,6,7)/t16-,17?;/m0./s1. The molecular weight excluding hydrogens is 541 g/mol. The molecule has 1 saturated heterocycles. The van der Waals surface area contributed by atoms with Crippen LogP contribution in [0.15, 0.2) is 48.5 Å². The Balaban J connectivity index is 0.000000479. The molecule has 1 fully saturated rings. The van der Waals surface area contributed by atoms with Gasteiger partial charge >= 0.3 is 12.1 Å². The quantitative estimate of drug-likeness (QED) is 0.352.